The summed E-state index contributed by atoms with van der Waals surface area (Å²) in [5, 5.41) is 11.7. The van der Waals surface area contributed by atoms with E-state index >= 15 is 0 Å². The Hall–Kier alpha value is -4.28. The summed E-state index contributed by atoms with van der Waals surface area (Å²) in [7, 11) is 0. The van der Waals surface area contributed by atoms with Gasteiger partial charge >= 0.3 is 0 Å². The standard InChI is InChI=1S/C29H31N7O3/c1-2-25(37)31-21-8-5-7-20(17-21)27-24-19-30-36(26-11-3-4-14-39-26)28(24)34-29(33-27)32-22-9-6-10-23(18-22)35-12-15-38-16-13-35/h2,5-10,17-19,26H,1,3-4,11-16H2,(H,31,37)(H,32,33,34). The lowest BCUT2D eigenvalue weighted by Gasteiger charge is -2.29. The minimum atomic E-state index is -0.273. The van der Waals surface area contributed by atoms with Gasteiger partial charge in [0.25, 0.3) is 0 Å². The Balaban J connectivity index is 1.40. The molecule has 10 nitrogen and oxygen atoms in total. The molecule has 2 aliphatic rings. The van der Waals surface area contributed by atoms with E-state index in [-0.39, 0.29) is 12.1 Å². The molecule has 2 aliphatic heterocycles. The number of nitrogens with zero attached hydrogens (tertiary/aromatic N) is 5. The number of anilines is 4. The molecule has 0 radical (unpaired) electrons. The zero-order valence-electron chi connectivity index (χ0n) is 21.7. The third-order valence-corrected chi connectivity index (χ3v) is 6.95. The summed E-state index contributed by atoms with van der Waals surface area (Å²) < 4.78 is 13.4. The fraction of sp³-hybridized carbons (Fsp3) is 0.310. The molecule has 2 aromatic heterocycles. The van der Waals surface area contributed by atoms with Crippen LogP contribution < -0.4 is 15.5 Å². The Morgan fingerprint density at radius 3 is 2.69 bits per heavy atom. The molecular weight excluding hydrogens is 494 g/mol. The summed E-state index contributed by atoms with van der Waals surface area (Å²) in [5.41, 5.74) is 4.90. The molecule has 0 saturated carbocycles. The maximum absolute atomic E-state index is 11.9. The molecule has 0 bridgehead atoms. The predicted molar refractivity (Wildman–Crippen MR) is 151 cm³/mol. The third kappa shape index (κ3) is 5.47. The van der Waals surface area contributed by atoms with Crippen molar-refractivity contribution in [1.29, 1.82) is 0 Å². The van der Waals surface area contributed by atoms with Crippen molar-refractivity contribution >= 4 is 40.0 Å². The van der Waals surface area contributed by atoms with E-state index in [1.807, 2.05) is 41.1 Å². The monoisotopic (exact) mass is 525 g/mol. The number of rotatable bonds is 7. The van der Waals surface area contributed by atoms with Crippen LogP contribution in [0.3, 0.4) is 0 Å². The molecule has 2 saturated heterocycles. The number of hydrogen-bond acceptors (Lipinski definition) is 8. The van der Waals surface area contributed by atoms with E-state index in [0.29, 0.717) is 29.6 Å². The Kier molecular flexibility index (Phi) is 7.20. The van der Waals surface area contributed by atoms with E-state index in [9.17, 15) is 4.79 Å². The number of fused-ring (bicyclic) bond motifs is 1. The van der Waals surface area contributed by atoms with Crippen LogP contribution in [0.1, 0.15) is 25.5 Å². The first-order chi connectivity index (χ1) is 19.2. The van der Waals surface area contributed by atoms with Gasteiger partial charge in [0.15, 0.2) is 11.9 Å². The molecule has 1 amide bonds. The molecule has 2 N–H and O–H groups in total. The van der Waals surface area contributed by atoms with E-state index in [1.165, 1.54) is 6.08 Å². The third-order valence-electron chi connectivity index (χ3n) is 6.95. The van der Waals surface area contributed by atoms with Gasteiger partial charge in [0.1, 0.15) is 0 Å². The van der Waals surface area contributed by atoms with Gasteiger partial charge in [-0.2, -0.15) is 10.1 Å². The second-order valence-electron chi connectivity index (χ2n) is 9.59. The molecule has 4 aromatic rings. The average Bonchev–Trinajstić information content (AvgIpc) is 3.42. The van der Waals surface area contributed by atoms with Crippen LogP contribution in [0.25, 0.3) is 22.3 Å². The van der Waals surface area contributed by atoms with E-state index in [4.69, 9.17) is 19.4 Å². The number of amides is 1. The SMILES string of the molecule is C=CC(=O)Nc1cccc(-c2nc(Nc3cccc(N4CCOCC4)c3)nc3c2cnn3C2CCCCO2)c1. The molecule has 10 heteroatoms. The number of carbonyl (C=O) groups excluding carboxylic acids is 1. The highest BCUT2D eigenvalue weighted by Gasteiger charge is 2.22. The number of carbonyl (C=O) groups is 1. The summed E-state index contributed by atoms with van der Waals surface area (Å²) in [6.45, 7) is 7.40. The van der Waals surface area contributed by atoms with Crippen molar-refractivity contribution in [3.05, 3.63) is 67.4 Å². The highest BCUT2D eigenvalue weighted by molar-refractivity contribution is 6.00. The van der Waals surface area contributed by atoms with Crippen molar-refractivity contribution in [2.24, 2.45) is 0 Å². The van der Waals surface area contributed by atoms with Gasteiger partial charge in [-0.25, -0.2) is 9.67 Å². The van der Waals surface area contributed by atoms with Gasteiger partial charge < -0.3 is 25.0 Å². The number of benzene rings is 2. The Morgan fingerprint density at radius 1 is 1.03 bits per heavy atom. The van der Waals surface area contributed by atoms with Crippen molar-refractivity contribution in [3.63, 3.8) is 0 Å². The smallest absolute Gasteiger partial charge is 0.247 e. The molecule has 39 heavy (non-hydrogen) atoms. The van der Waals surface area contributed by atoms with Gasteiger partial charge in [-0.1, -0.05) is 24.8 Å². The van der Waals surface area contributed by atoms with Crippen LogP contribution in [-0.2, 0) is 14.3 Å². The number of morpholine rings is 1. The lowest BCUT2D eigenvalue weighted by Crippen LogP contribution is -2.36. The Labute approximate surface area is 226 Å². The van der Waals surface area contributed by atoms with Crippen molar-refractivity contribution in [2.45, 2.75) is 25.5 Å². The van der Waals surface area contributed by atoms with Crippen LogP contribution >= 0.6 is 0 Å². The zero-order valence-corrected chi connectivity index (χ0v) is 21.7. The van der Waals surface area contributed by atoms with E-state index < -0.39 is 0 Å². The zero-order chi connectivity index (χ0) is 26.6. The van der Waals surface area contributed by atoms with E-state index in [2.05, 4.69) is 39.3 Å². The summed E-state index contributed by atoms with van der Waals surface area (Å²) in [4.78, 5) is 24.0. The largest absolute Gasteiger partial charge is 0.378 e. The first kappa shape index (κ1) is 25.0. The van der Waals surface area contributed by atoms with Gasteiger partial charge in [-0.3, -0.25) is 4.79 Å². The number of hydrogen-bond donors (Lipinski definition) is 2. The second kappa shape index (κ2) is 11.2. The first-order valence-electron chi connectivity index (χ1n) is 13.3. The molecule has 2 aromatic carbocycles. The highest BCUT2D eigenvalue weighted by atomic mass is 16.5. The molecule has 2 fully saturated rings. The molecule has 6 rings (SSSR count). The summed E-state index contributed by atoms with van der Waals surface area (Å²) in [6, 6.07) is 15.8. The Morgan fingerprint density at radius 2 is 1.87 bits per heavy atom. The maximum atomic E-state index is 11.9. The van der Waals surface area contributed by atoms with Gasteiger partial charge in [0.2, 0.25) is 11.9 Å². The fourth-order valence-electron chi connectivity index (χ4n) is 5.00. The molecule has 200 valence electrons. The van der Waals surface area contributed by atoms with Crippen LogP contribution in [-0.4, -0.2) is 58.6 Å². The minimum absolute atomic E-state index is 0.172. The maximum Gasteiger partial charge on any atom is 0.247 e. The topological polar surface area (TPSA) is 106 Å². The lowest BCUT2D eigenvalue weighted by atomic mass is 10.1. The van der Waals surface area contributed by atoms with Crippen LogP contribution in [0, 0.1) is 0 Å². The minimum Gasteiger partial charge on any atom is -0.378 e. The van der Waals surface area contributed by atoms with E-state index in [0.717, 1.165) is 67.9 Å². The number of ether oxygens (including phenoxy) is 2. The Bertz CT molecular complexity index is 1490. The predicted octanol–water partition coefficient (Wildman–Crippen LogP) is 4.90. The normalized spacial score (nSPS) is 17.6. The summed E-state index contributed by atoms with van der Waals surface area (Å²) in [5.74, 6) is 0.180. The van der Waals surface area contributed by atoms with Crippen molar-refractivity contribution < 1.29 is 14.3 Å². The average molecular weight is 526 g/mol. The molecule has 0 spiro atoms. The van der Waals surface area contributed by atoms with Gasteiger partial charge in [0.05, 0.1) is 30.5 Å². The van der Waals surface area contributed by atoms with Crippen molar-refractivity contribution in [1.82, 2.24) is 19.7 Å². The molecule has 0 aliphatic carbocycles. The van der Waals surface area contributed by atoms with Crippen LogP contribution in [0.5, 0.6) is 0 Å². The van der Waals surface area contributed by atoms with Gasteiger partial charge in [-0.15, -0.1) is 0 Å². The van der Waals surface area contributed by atoms with Crippen LogP contribution in [0.15, 0.2) is 67.4 Å². The summed E-state index contributed by atoms with van der Waals surface area (Å²) >= 11 is 0. The number of aromatic nitrogens is 4. The molecular formula is C29H31N7O3. The first-order valence-corrected chi connectivity index (χ1v) is 13.3. The number of nitrogens with one attached hydrogen (secondary N) is 2. The molecule has 1 unspecified atom stereocenters. The molecule has 4 heterocycles. The van der Waals surface area contributed by atoms with E-state index in [1.54, 1.807) is 6.20 Å². The van der Waals surface area contributed by atoms with Gasteiger partial charge in [-0.05, 0) is 55.7 Å². The second-order valence-corrected chi connectivity index (χ2v) is 9.59. The van der Waals surface area contributed by atoms with Gasteiger partial charge in [0, 0.05) is 42.3 Å². The fourth-order valence-corrected chi connectivity index (χ4v) is 5.00. The lowest BCUT2D eigenvalue weighted by molar-refractivity contribution is -0.111. The van der Waals surface area contributed by atoms with Crippen molar-refractivity contribution in [3.8, 4) is 11.3 Å². The molecule has 1 atom stereocenters. The van der Waals surface area contributed by atoms with Crippen LogP contribution in [0.4, 0.5) is 23.0 Å². The van der Waals surface area contributed by atoms with Crippen molar-refractivity contribution in [2.75, 3.05) is 48.4 Å². The van der Waals surface area contributed by atoms with Crippen LogP contribution in [0.2, 0.25) is 0 Å². The summed E-state index contributed by atoms with van der Waals surface area (Å²) in [6.07, 6.45) is 5.87. The highest BCUT2D eigenvalue weighted by Crippen LogP contribution is 2.33. The quantitative estimate of drug-likeness (QED) is 0.328.